The number of hydrogen-bond acceptors (Lipinski definition) is 4. The maximum Gasteiger partial charge on any atom is 0.247 e. The van der Waals surface area contributed by atoms with Gasteiger partial charge in [0.25, 0.3) is 0 Å². The molecule has 1 atom stereocenters. The lowest BCUT2D eigenvalue weighted by Crippen LogP contribution is -2.49. The van der Waals surface area contributed by atoms with Gasteiger partial charge in [0.2, 0.25) is 11.8 Å². The molecule has 2 aliphatic rings. The normalized spacial score (nSPS) is 20.8. The molecule has 2 amide bonds. The van der Waals surface area contributed by atoms with E-state index in [9.17, 15) is 9.59 Å². The molecule has 6 heteroatoms. The predicted molar refractivity (Wildman–Crippen MR) is 114 cm³/mol. The molecule has 2 fully saturated rings. The van der Waals surface area contributed by atoms with E-state index in [4.69, 9.17) is 4.74 Å². The number of rotatable bonds is 7. The number of benzene rings is 1. The van der Waals surface area contributed by atoms with E-state index in [1.165, 1.54) is 5.56 Å². The van der Waals surface area contributed by atoms with Crippen LogP contribution in [0.2, 0.25) is 0 Å². The summed E-state index contributed by atoms with van der Waals surface area (Å²) < 4.78 is 5.42. The van der Waals surface area contributed by atoms with Crippen LogP contribution >= 0.6 is 11.8 Å². The van der Waals surface area contributed by atoms with Crippen LogP contribution in [0.4, 0.5) is 5.69 Å². The van der Waals surface area contributed by atoms with Gasteiger partial charge >= 0.3 is 0 Å². The van der Waals surface area contributed by atoms with Crippen molar-refractivity contribution in [2.45, 2.75) is 68.9 Å². The van der Waals surface area contributed by atoms with Crippen LogP contribution < -0.4 is 5.32 Å². The van der Waals surface area contributed by atoms with Gasteiger partial charge in [-0.15, -0.1) is 0 Å². The fraction of sp³-hybridized carbons (Fsp3) is 0.636. The van der Waals surface area contributed by atoms with Gasteiger partial charge in [-0.2, -0.15) is 11.8 Å². The summed E-state index contributed by atoms with van der Waals surface area (Å²) in [5, 5.41) is 3.71. The van der Waals surface area contributed by atoms with E-state index in [0.717, 1.165) is 63.2 Å². The fourth-order valence-electron chi connectivity index (χ4n) is 3.88. The highest BCUT2D eigenvalue weighted by atomic mass is 32.2. The molecule has 1 aromatic rings. The summed E-state index contributed by atoms with van der Waals surface area (Å²) in [7, 11) is 0. The van der Waals surface area contributed by atoms with Crippen molar-refractivity contribution < 1.29 is 14.3 Å². The first-order valence-corrected chi connectivity index (χ1v) is 11.6. The molecule has 1 N–H and O–H groups in total. The lowest BCUT2D eigenvalue weighted by atomic mass is 10.0. The van der Waals surface area contributed by atoms with Gasteiger partial charge in [0.05, 0.1) is 0 Å². The number of likely N-dealkylation sites (tertiary alicyclic amines) is 1. The Morgan fingerprint density at radius 2 is 2.04 bits per heavy atom. The molecule has 2 aliphatic heterocycles. The van der Waals surface area contributed by atoms with Crippen LogP contribution in [0.15, 0.2) is 24.3 Å². The summed E-state index contributed by atoms with van der Waals surface area (Å²) in [6.45, 7) is 4.42. The summed E-state index contributed by atoms with van der Waals surface area (Å²) in [5.41, 5.74) is 2.04. The van der Waals surface area contributed by atoms with Crippen molar-refractivity contribution in [3.05, 3.63) is 29.8 Å². The summed E-state index contributed by atoms with van der Waals surface area (Å²) in [6.07, 6.45) is 6.29. The second kappa shape index (κ2) is 10.9. The Balaban J connectivity index is 1.57. The minimum absolute atomic E-state index is 0.0571. The summed E-state index contributed by atoms with van der Waals surface area (Å²) in [6, 6.07) is 7.76. The zero-order valence-corrected chi connectivity index (χ0v) is 17.6. The maximum atomic E-state index is 12.9. The third-order valence-corrected chi connectivity index (χ3v) is 6.88. The summed E-state index contributed by atoms with van der Waals surface area (Å²) in [5.74, 6) is 0.987. The van der Waals surface area contributed by atoms with Gasteiger partial charge in [-0.25, -0.2) is 0 Å². The Labute approximate surface area is 172 Å². The Hall–Kier alpha value is -1.53. The monoisotopic (exact) mass is 404 g/mol. The minimum atomic E-state index is -0.340. The number of carbonyl (C=O) groups excluding carboxylic acids is 2. The molecule has 5 nitrogen and oxygen atoms in total. The first kappa shape index (κ1) is 21.2. The lowest BCUT2D eigenvalue weighted by Gasteiger charge is -2.34. The van der Waals surface area contributed by atoms with E-state index in [1.54, 1.807) is 4.90 Å². The number of carbonyl (C=O) groups is 2. The Kier molecular flexibility index (Phi) is 8.22. The first-order valence-electron chi connectivity index (χ1n) is 10.6. The van der Waals surface area contributed by atoms with Gasteiger partial charge in [-0.05, 0) is 56.2 Å². The lowest BCUT2D eigenvalue weighted by molar-refractivity contribution is -0.140. The number of piperidine rings is 1. The molecule has 0 saturated carbocycles. The van der Waals surface area contributed by atoms with Crippen molar-refractivity contribution in [2.24, 2.45) is 0 Å². The van der Waals surface area contributed by atoms with Crippen LogP contribution in [-0.4, -0.2) is 47.8 Å². The molecular formula is C22H32N2O3S. The van der Waals surface area contributed by atoms with Gasteiger partial charge < -0.3 is 15.0 Å². The molecule has 0 aromatic heterocycles. The highest BCUT2D eigenvalue weighted by molar-refractivity contribution is 7.99. The fourth-order valence-corrected chi connectivity index (χ4v) is 5.01. The van der Waals surface area contributed by atoms with Crippen molar-refractivity contribution in [1.29, 1.82) is 0 Å². The molecule has 2 heterocycles. The molecule has 0 spiro atoms. The van der Waals surface area contributed by atoms with Gasteiger partial charge in [0.1, 0.15) is 6.04 Å². The minimum Gasteiger partial charge on any atom is -0.381 e. The molecule has 0 radical (unpaired) electrons. The highest BCUT2D eigenvalue weighted by Gasteiger charge is 2.31. The molecule has 2 saturated heterocycles. The molecular weight excluding hydrogens is 372 g/mol. The Morgan fingerprint density at radius 3 is 2.82 bits per heavy atom. The molecule has 28 heavy (non-hydrogen) atoms. The van der Waals surface area contributed by atoms with Gasteiger partial charge in [0, 0.05) is 42.9 Å². The van der Waals surface area contributed by atoms with Gasteiger partial charge in [-0.3, -0.25) is 9.59 Å². The van der Waals surface area contributed by atoms with Gasteiger partial charge in [-0.1, -0.05) is 19.1 Å². The zero-order chi connectivity index (χ0) is 19.8. The summed E-state index contributed by atoms with van der Waals surface area (Å²) in [4.78, 5) is 27.1. The van der Waals surface area contributed by atoms with Crippen LogP contribution in [0.5, 0.6) is 0 Å². The molecule has 3 rings (SSSR count). The second-order valence-electron chi connectivity index (χ2n) is 7.66. The van der Waals surface area contributed by atoms with Crippen molar-refractivity contribution in [3.63, 3.8) is 0 Å². The van der Waals surface area contributed by atoms with E-state index in [0.29, 0.717) is 18.2 Å². The smallest absolute Gasteiger partial charge is 0.247 e. The van der Waals surface area contributed by atoms with E-state index in [-0.39, 0.29) is 17.9 Å². The van der Waals surface area contributed by atoms with Crippen LogP contribution in [-0.2, 0) is 20.1 Å². The third-order valence-electron chi connectivity index (χ3n) is 5.44. The second-order valence-corrected chi connectivity index (χ2v) is 8.95. The average molecular weight is 405 g/mol. The first-order chi connectivity index (χ1) is 13.7. The predicted octanol–water partition coefficient (Wildman–Crippen LogP) is 4.22. The van der Waals surface area contributed by atoms with E-state index in [1.807, 2.05) is 30.8 Å². The number of hydrogen-bond donors (Lipinski definition) is 1. The van der Waals surface area contributed by atoms with Crippen molar-refractivity contribution >= 4 is 29.3 Å². The third kappa shape index (κ3) is 5.98. The largest absolute Gasteiger partial charge is 0.381 e. The number of amides is 2. The SMILES string of the molecule is CCCC(=O)N1CCCCC1C(=O)Nc1cccc(CSC2CCOCC2)c1. The van der Waals surface area contributed by atoms with Gasteiger partial charge in [0.15, 0.2) is 0 Å². The standard InChI is InChI=1S/C22H32N2O3S/c1-2-6-21(25)24-12-4-3-9-20(24)22(26)23-18-8-5-7-17(15-18)16-28-19-10-13-27-14-11-19/h5,7-8,15,19-20H,2-4,6,9-14,16H2,1H3,(H,23,26). The number of nitrogens with one attached hydrogen (secondary N) is 1. The number of anilines is 1. The van der Waals surface area contributed by atoms with Crippen molar-refractivity contribution in [1.82, 2.24) is 4.90 Å². The molecule has 1 unspecified atom stereocenters. The average Bonchev–Trinajstić information content (AvgIpc) is 2.73. The van der Waals surface area contributed by atoms with Crippen molar-refractivity contribution in [3.8, 4) is 0 Å². The summed E-state index contributed by atoms with van der Waals surface area (Å²) >= 11 is 1.97. The van der Waals surface area contributed by atoms with E-state index < -0.39 is 0 Å². The van der Waals surface area contributed by atoms with Crippen LogP contribution in [0.1, 0.15) is 57.4 Å². The highest BCUT2D eigenvalue weighted by Crippen LogP contribution is 2.27. The van der Waals surface area contributed by atoms with E-state index in [2.05, 4.69) is 17.4 Å². The Bertz CT molecular complexity index is 661. The van der Waals surface area contributed by atoms with Crippen LogP contribution in [0.3, 0.4) is 0 Å². The zero-order valence-electron chi connectivity index (χ0n) is 16.8. The number of nitrogens with zero attached hydrogens (tertiary/aromatic N) is 1. The number of ether oxygens (including phenoxy) is 1. The van der Waals surface area contributed by atoms with Crippen LogP contribution in [0, 0.1) is 0 Å². The molecule has 0 aliphatic carbocycles. The van der Waals surface area contributed by atoms with Crippen LogP contribution in [0.25, 0.3) is 0 Å². The topological polar surface area (TPSA) is 58.6 Å². The maximum absolute atomic E-state index is 12.9. The van der Waals surface area contributed by atoms with E-state index >= 15 is 0 Å². The number of thioether (sulfide) groups is 1. The quantitative estimate of drug-likeness (QED) is 0.739. The molecule has 0 bridgehead atoms. The molecule has 154 valence electrons. The molecule has 1 aromatic carbocycles. The van der Waals surface area contributed by atoms with Crippen molar-refractivity contribution in [2.75, 3.05) is 25.1 Å². The Morgan fingerprint density at radius 1 is 1.21 bits per heavy atom.